The molecule has 156 valence electrons. The number of aromatic amines is 2. The lowest BCUT2D eigenvalue weighted by Gasteiger charge is -2.24. The number of hydrogen-bond acceptors (Lipinski definition) is 6. The van der Waals surface area contributed by atoms with Gasteiger partial charge in [0.25, 0.3) is 11.5 Å². The maximum absolute atomic E-state index is 13.0. The third-order valence-corrected chi connectivity index (χ3v) is 5.11. The Balaban J connectivity index is 2.19. The van der Waals surface area contributed by atoms with E-state index in [0.29, 0.717) is 5.01 Å². The normalized spacial score (nSPS) is 11.2. The highest BCUT2D eigenvalue weighted by Gasteiger charge is 2.30. The Morgan fingerprint density at radius 3 is 2.20 bits per heavy atom. The maximum Gasteiger partial charge on any atom is 0.364 e. The van der Waals surface area contributed by atoms with E-state index in [2.05, 4.69) is 4.98 Å². The summed E-state index contributed by atoms with van der Waals surface area (Å²) >= 11 is 6.06. The number of carbonyl (C=O) groups is 1. The van der Waals surface area contributed by atoms with Crippen LogP contribution in [0.2, 0.25) is 5.02 Å². The number of para-hydroxylation sites is 2. The molecular weight excluding hydrogens is 438 g/mol. The Kier molecular flexibility index (Phi) is 5.75. The van der Waals surface area contributed by atoms with E-state index in [-0.39, 0.29) is 26.3 Å². The highest BCUT2D eigenvalue weighted by Crippen LogP contribution is 2.31. The van der Waals surface area contributed by atoms with Gasteiger partial charge in [-0.15, -0.1) is 0 Å². The zero-order valence-corrected chi connectivity index (χ0v) is 16.5. The Morgan fingerprint density at radius 2 is 1.60 bits per heavy atom. The van der Waals surface area contributed by atoms with Gasteiger partial charge in [0.15, 0.2) is 0 Å². The lowest BCUT2D eigenvalue weighted by Crippen LogP contribution is -2.40. The molecule has 1 amide bonds. The van der Waals surface area contributed by atoms with Crippen LogP contribution >= 0.6 is 11.6 Å². The second-order valence-electron chi connectivity index (χ2n) is 5.84. The zero-order valence-electron chi connectivity index (χ0n) is 14.9. The first-order valence-electron chi connectivity index (χ1n) is 8.13. The Labute approximate surface area is 174 Å². The third kappa shape index (κ3) is 4.11. The first kappa shape index (κ1) is 21.3. The van der Waals surface area contributed by atoms with Gasteiger partial charge in [0.1, 0.15) is 5.69 Å². The van der Waals surface area contributed by atoms with Crippen LogP contribution in [0.1, 0.15) is 10.4 Å². The van der Waals surface area contributed by atoms with Crippen molar-refractivity contribution in [3.63, 3.8) is 0 Å². The number of hydrazine groups is 1. The van der Waals surface area contributed by atoms with Gasteiger partial charge in [0.05, 0.1) is 22.0 Å². The number of nitrogens with two attached hydrogens (primary N) is 1. The number of hydrogen-bond donors (Lipinski definition) is 4. The molecule has 0 saturated carbocycles. The largest absolute Gasteiger partial charge is 0.364 e. The number of amides is 1. The summed E-state index contributed by atoms with van der Waals surface area (Å²) in [7, 11) is -5.11. The summed E-state index contributed by atoms with van der Waals surface area (Å²) in [5, 5.41) is 0.856. The van der Waals surface area contributed by atoms with E-state index in [1.807, 2.05) is 4.98 Å². The molecule has 1 heterocycles. The number of anilines is 3. The average molecular weight is 452 g/mol. The maximum atomic E-state index is 13.0. The predicted molar refractivity (Wildman–Crippen MR) is 110 cm³/mol. The van der Waals surface area contributed by atoms with Crippen LogP contribution in [-0.2, 0) is 10.3 Å². The number of carbonyl (C=O) groups excluding carboxylic acids is 1. The SMILES string of the molecule is NN(C(=O)c1ccccc1N(c1c[nH]c(=O)[nH]c1=O)S(=O)(=O)O)c1ccccc1Cl. The van der Waals surface area contributed by atoms with Crippen LogP contribution in [0.15, 0.2) is 64.3 Å². The summed E-state index contributed by atoms with van der Waals surface area (Å²) in [6.45, 7) is 0. The topological polar surface area (TPSA) is 170 Å². The average Bonchev–Trinajstić information content (AvgIpc) is 2.68. The van der Waals surface area contributed by atoms with E-state index in [0.717, 1.165) is 6.20 Å². The molecule has 0 unspecified atom stereocenters. The monoisotopic (exact) mass is 451 g/mol. The second kappa shape index (κ2) is 8.12. The molecule has 0 bridgehead atoms. The molecule has 0 aliphatic carbocycles. The van der Waals surface area contributed by atoms with E-state index in [1.54, 1.807) is 12.1 Å². The Hall–Kier alpha value is -3.45. The molecule has 11 nitrogen and oxygen atoms in total. The summed E-state index contributed by atoms with van der Waals surface area (Å²) in [5.41, 5.74) is -3.18. The van der Waals surface area contributed by atoms with Crippen molar-refractivity contribution >= 4 is 44.9 Å². The fraction of sp³-hybridized carbons (Fsp3) is 0. The van der Waals surface area contributed by atoms with Crippen LogP contribution in [0.4, 0.5) is 17.1 Å². The van der Waals surface area contributed by atoms with Crippen molar-refractivity contribution in [1.82, 2.24) is 9.97 Å². The molecule has 0 aliphatic rings. The first-order valence-corrected chi connectivity index (χ1v) is 9.91. The minimum absolute atomic E-state index is 0.138. The van der Waals surface area contributed by atoms with Crippen molar-refractivity contribution in [2.45, 2.75) is 0 Å². The van der Waals surface area contributed by atoms with Crippen molar-refractivity contribution in [3.8, 4) is 0 Å². The lowest BCUT2D eigenvalue weighted by atomic mass is 10.1. The van der Waals surface area contributed by atoms with E-state index < -0.39 is 33.1 Å². The zero-order chi connectivity index (χ0) is 22.1. The Morgan fingerprint density at radius 1 is 1.00 bits per heavy atom. The minimum atomic E-state index is -5.11. The molecule has 0 spiro atoms. The van der Waals surface area contributed by atoms with Crippen molar-refractivity contribution in [2.75, 3.05) is 9.31 Å². The van der Waals surface area contributed by atoms with Crippen molar-refractivity contribution in [2.24, 2.45) is 5.84 Å². The van der Waals surface area contributed by atoms with Crippen molar-refractivity contribution in [3.05, 3.63) is 86.2 Å². The number of H-pyrrole nitrogens is 2. The lowest BCUT2D eigenvalue weighted by molar-refractivity contribution is 0.0987. The number of halogens is 1. The van der Waals surface area contributed by atoms with Crippen LogP contribution in [-0.4, -0.2) is 28.8 Å². The van der Waals surface area contributed by atoms with E-state index >= 15 is 0 Å². The molecule has 0 saturated heterocycles. The van der Waals surface area contributed by atoms with Gasteiger partial charge in [-0.25, -0.2) is 20.0 Å². The quantitative estimate of drug-likeness (QED) is 0.195. The van der Waals surface area contributed by atoms with Gasteiger partial charge in [0.2, 0.25) is 0 Å². The summed E-state index contributed by atoms with van der Waals surface area (Å²) < 4.78 is 34.2. The molecule has 0 radical (unpaired) electrons. The summed E-state index contributed by atoms with van der Waals surface area (Å²) in [6, 6.07) is 11.4. The number of nitrogens with zero attached hydrogens (tertiary/aromatic N) is 2. The summed E-state index contributed by atoms with van der Waals surface area (Å²) in [6.07, 6.45) is 0.782. The highest BCUT2D eigenvalue weighted by molar-refractivity contribution is 7.87. The number of benzene rings is 2. The van der Waals surface area contributed by atoms with E-state index in [9.17, 15) is 27.4 Å². The van der Waals surface area contributed by atoms with Gasteiger partial charge in [-0.2, -0.15) is 8.42 Å². The second-order valence-corrected chi connectivity index (χ2v) is 7.51. The van der Waals surface area contributed by atoms with Gasteiger partial charge in [-0.3, -0.25) is 19.1 Å². The van der Waals surface area contributed by atoms with Gasteiger partial charge >= 0.3 is 16.0 Å². The number of aromatic nitrogens is 2. The Bertz CT molecular complexity index is 1340. The number of nitrogens with one attached hydrogen (secondary N) is 2. The standard InChI is InChI=1S/C17H14ClN5O6S/c18-11-6-2-4-8-13(11)22(19)16(25)10-5-1-3-7-12(10)23(30(27,28)29)14-9-20-17(26)21-15(14)24/h1-9H,19H2,(H,27,28,29)(H2,20,21,24,26). The third-order valence-electron chi connectivity index (χ3n) is 3.93. The first-order chi connectivity index (χ1) is 14.1. The molecule has 30 heavy (non-hydrogen) atoms. The van der Waals surface area contributed by atoms with Crippen LogP contribution in [0.3, 0.4) is 0 Å². The van der Waals surface area contributed by atoms with Gasteiger partial charge < -0.3 is 4.98 Å². The van der Waals surface area contributed by atoms with Crippen LogP contribution < -0.4 is 26.4 Å². The molecular formula is C17H14ClN5O6S. The van der Waals surface area contributed by atoms with Gasteiger partial charge in [-0.1, -0.05) is 35.9 Å². The fourth-order valence-electron chi connectivity index (χ4n) is 2.65. The van der Waals surface area contributed by atoms with Crippen molar-refractivity contribution < 1.29 is 17.8 Å². The highest BCUT2D eigenvalue weighted by atomic mass is 35.5. The van der Waals surface area contributed by atoms with Gasteiger partial charge in [0, 0.05) is 6.20 Å². The predicted octanol–water partition coefficient (Wildman–Crippen LogP) is 1.18. The van der Waals surface area contributed by atoms with Gasteiger partial charge in [-0.05, 0) is 24.3 Å². The molecule has 3 rings (SSSR count). The molecule has 3 aromatic rings. The molecule has 1 aromatic heterocycles. The smallest absolute Gasteiger partial charge is 0.312 e. The molecule has 13 heteroatoms. The van der Waals surface area contributed by atoms with E-state index in [4.69, 9.17) is 17.4 Å². The minimum Gasteiger partial charge on any atom is -0.312 e. The fourth-order valence-corrected chi connectivity index (χ4v) is 3.67. The summed E-state index contributed by atoms with van der Waals surface area (Å²) in [4.78, 5) is 40.4. The molecule has 0 atom stereocenters. The molecule has 5 N–H and O–H groups in total. The van der Waals surface area contributed by atoms with E-state index in [1.165, 1.54) is 36.4 Å². The molecule has 0 aliphatic heterocycles. The van der Waals surface area contributed by atoms with Crippen molar-refractivity contribution in [1.29, 1.82) is 0 Å². The number of rotatable bonds is 5. The molecule has 0 fully saturated rings. The van der Waals surface area contributed by atoms with Crippen LogP contribution in [0, 0.1) is 0 Å². The molecule has 2 aromatic carbocycles. The van der Waals surface area contributed by atoms with Crippen LogP contribution in [0.25, 0.3) is 0 Å². The van der Waals surface area contributed by atoms with Crippen LogP contribution in [0.5, 0.6) is 0 Å². The summed E-state index contributed by atoms with van der Waals surface area (Å²) in [5.74, 6) is 5.01.